The molecule has 0 saturated heterocycles. The highest BCUT2D eigenvalue weighted by Crippen LogP contribution is 2.07. The fourth-order valence-corrected chi connectivity index (χ4v) is 1.13. The number of carboxylic acids is 1. The molecule has 0 saturated carbocycles. The van der Waals surface area contributed by atoms with E-state index in [0.717, 1.165) is 12.8 Å². The first-order valence-corrected chi connectivity index (χ1v) is 5.60. The summed E-state index contributed by atoms with van der Waals surface area (Å²) in [7, 11) is 0. The number of esters is 1. The minimum atomic E-state index is -1.16. The summed E-state index contributed by atoms with van der Waals surface area (Å²) in [6.07, 6.45) is 2.13. The summed E-state index contributed by atoms with van der Waals surface area (Å²) in [6, 6.07) is 0. The fourth-order valence-electron chi connectivity index (χ4n) is 1.13. The first kappa shape index (κ1) is 14.9. The Morgan fingerprint density at radius 1 is 1.25 bits per heavy atom. The second-order valence-electron chi connectivity index (χ2n) is 3.40. The van der Waals surface area contributed by atoms with E-state index in [1.165, 1.54) is 0 Å². The van der Waals surface area contributed by atoms with E-state index in [2.05, 4.69) is 4.74 Å². The molecular formula is C11H20O5. The van der Waals surface area contributed by atoms with Crippen LogP contribution in [0.5, 0.6) is 0 Å². The molecule has 0 amide bonds. The van der Waals surface area contributed by atoms with E-state index in [1.54, 1.807) is 6.92 Å². The van der Waals surface area contributed by atoms with E-state index in [0.29, 0.717) is 6.61 Å². The van der Waals surface area contributed by atoms with Gasteiger partial charge in [0.1, 0.15) is 0 Å². The van der Waals surface area contributed by atoms with Crippen molar-refractivity contribution in [3.8, 4) is 0 Å². The molecule has 0 aromatic heterocycles. The molecule has 0 aliphatic rings. The summed E-state index contributed by atoms with van der Waals surface area (Å²) in [5.41, 5.74) is 0. The van der Waals surface area contributed by atoms with Crippen molar-refractivity contribution in [2.75, 3.05) is 19.8 Å². The molecule has 0 aliphatic heterocycles. The number of unbranched alkanes of at least 4 members (excludes halogenated alkanes) is 1. The lowest BCUT2D eigenvalue weighted by Gasteiger charge is -2.11. The van der Waals surface area contributed by atoms with Crippen molar-refractivity contribution in [2.45, 2.75) is 33.1 Å². The SMILES string of the molecule is CCCCOCCC(C(=O)O)C(=O)OCC. The maximum absolute atomic E-state index is 11.2. The quantitative estimate of drug-likeness (QED) is 0.370. The minimum absolute atomic E-state index is 0.165. The van der Waals surface area contributed by atoms with E-state index < -0.39 is 17.9 Å². The van der Waals surface area contributed by atoms with Gasteiger partial charge < -0.3 is 14.6 Å². The first-order chi connectivity index (χ1) is 7.63. The Hall–Kier alpha value is -1.10. The molecule has 5 nitrogen and oxygen atoms in total. The molecule has 1 N–H and O–H groups in total. The summed E-state index contributed by atoms with van der Waals surface area (Å²) in [5, 5.41) is 8.82. The van der Waals surface area contributed by atoms with Crippen LogP contribution in [-0.4, -0.2) is 36.9 Å². The smallest absolute Gasteiger partial charge is 0.320 e. The first-order valence-electron chi connectivity index (χ1n) is 5.60. The Morgan fingerprint density at radius 3 is 2.44 bits per heavy atom. The Morgan fingerprint density at radius 2 is 1.94 bits per heavy atom. The molecular weight excluding hydrogens is 212 g/mol. The van der Waals surface area contributed by atoms with Gasteiger partial charge in [-0.15, -0.1) is 0 Å². The standard InChI is InChI=1S/C11H20O5/c1-3-5-7-15-8-6-9(10(12)13)11(14)16-4-2/h9H,3-8H2,1-2H3,(H,12,13). The molecule has 0 aromatic rings. The third kappa shape index (κ3) is 6.40. The van der Waals surface area contributed by atoms with E-state index in [4.69, 9.17) is 9.84 Å². The molecule has 0 spiro atoms. The zero-order chi connectivity index (χ0) is 12.4. The van der Waals surface area contributed by atoms with Crippen molar-refractivity contribution >= 4 is 11.9 Å². The van der Waals surface area contributed by atoms with E-state index in [1.807, 2.05) is 6.92 Å². The predicted octanol–water partition coefficient (Wildman–Crippen LogP) is 1.46. The number of carbonyl (C=O) groups excluding carboxylic acids is 1. The van der Waals surface area contributed by atoms with Gasteiger partial charge in [-0.3, -0.25) is 9.59 Å². The van der Waals surface area contributed by atoms with Crippen LogP contribution < -0.4 is 0 Å². The Balaban J connectivity index is 3.86. The Labute approximate surface area is 95.7 Å². The molecule has 16 heavy (non-hydrogen) atoms. The molecule has 1 unspecified atom stereocenters. The third-order valence-corrected chi connectivity index (χ3v) is 2.06. The van der Waals surface area contributed by atoms with Crippen LogP contribution in [0.15, 0.2) is 0 Å². The zero-order valence-corrected chi connectivity index (χ0v) is 9.90. The van der Waals surface area contributed by atoms with E-state index in [9.17, 15) is 9.59 Å². The van der Waals surface area contributed by atoms with Gasteiger partial charge in [0.05, 0.1) is 6.61 Å². The van der Waals surface area contributed by atoms with Gasteiger partial charge in [-0.2, -0.15) is 0 Å². The molecule has 1 atom stereocenters. The zero-order valence-electron chi connectivity index (χ0n) is 9.90. The number of hydrogen-bond acceptors (Lipinski definition) is 4. The van der Waals surface area contributed by atoms with Crippen molar-refractivity contribution in [2.24, 2.45) is 5.92 Å². The fraction of sp³-hybridized carbons (Fsp3) is 0.818. The van der Waals surface area contributed by atoms with Crippen LogP contribution in [0.4, 0.5) is 0 Å². The summed E-state index contributed by atoms with van der Waals surface area (Å²) in [5.74, 6) is -2.95. The third-order valence-electron chi connectivity index (χ3n) is 2.06. The number of rotatable bonds is 9. The highest BCUT2D eigenvalue weighted by molar-refractivity contribution is 5.93. The van der Waals surface area contributed by atoms with E-state index >= 15 is 0 Å². The van der Waals surface area contributed by atoms with Crippen LogP contribution in [0, 0.1) is 5.92 Å². The molecule has 0 bridgehead atoms. The number of ether oxygens (including phenoxy) is 2. The summed E-state index contributed by atoms with van der Waals surface area (Å²) in [6.45, 7) is 4.76. The average molecular weight is 232 g/mol. The van der Waals surface area contributed by atoms with Crippen molar-refractivity contribution < 1.29 is 24.2 Å². The molecule has 0 radical (unpaired) electrons. The van der Waals surface area contributed by atoms with Crippen LogP contribution in [0.25, 0.3) is 0 Å². The van der Waals surface area contributed by atoms with E-state index in [-0.39, 0.29) is 19.6 Å². The Bertz CT molecular complexity index is 214. The number of carboxylic acid groups (broad SMARTS) is 1. The summed E-state index contributed by atoms with van der Waals surface area (Å²) < 4.78 is 9.88. The highest BCUT2D eigenvalue weighted by atomic mass is 16.5. The monoisotopic (exact) mass is 232 g/mol. The molecule has 94 valence electrons. The topological polar surface area (TPSA) is 72.8 Å². The largest absolute Gasteiger partial charge is 0.481 e. The van der Waals surface area contributed by atoms with Crippen molar-refractivity contribution in [3.63, 3.8) is 0 Å². The van der Waals surface area contributed by atoms with Gasteiger partial charge in [0, 0.05) is 13.2 Å². The normalized spacial score (nSPS) is 12.1. The Kier molecular flexibility index (Phi) is 8.52. The second-order valence-corrected chi connectivity index (χ2v) is 3.40. The number of carbonyl (C=O) groups is 2. The maximum Gasteiger partial charge on any atom is 0.320 e. The highest BCUT2D eigenvalue weighted by Gasteiger charge is 2.27. The molecule has 0 rings (SSSR count). The van der Waals surface area contributed by atoms with Gasteiger partial charge >= 0.3 is 11.9 Å². The van der Waals surface area contributed by atoms with Crippen molar-refractivity contribution in [3.05, 3.63) is 0 Å². The lowest BCUT2D eigenvalue weighted by molar-refractivity contribution is -0.159. The van der Waals surface area contributed by atoms with Gasteiger partial charge in [0.15, 0.2) is 5.92 Å². The van der Waals surface area contributed by atoms with Gasteiger partial charge in [-0.25, -0.2) is 0 Å². The average Bonchev–Trinajstić information content (AvgIpc) is 2.23. The van der Waals surface area contributed by atoms with Gasteiger partial charge in [-0.05, 0) is 19.8 Å². The molecule has 5 heteroatoms. The lowest BCUT2D eigenvalue weighted by atomic mass is 10.1. The van der Waals surface area contributed by atoms with Crippen molar-refractivity contribution in [1.29, 1.82) is 0 Å². The molecule has 0 heterocycles. The molecule has 0 fully saturated rings. The number of hydrogen-bond donors (Lipinski definition) is 1. The van der Waals surface area contributed by atoms with Crippen LogP contribution in [0.3, 0.4) is 0 Å². The van der Waals surface area contributed by atoms with Crippen LogP contribution in [-0.2, 0) is 19.1 Å². The summed E-state index contributed by atoms with van der Waals surface area (Å²) in [4.78, 5) is 22.0. The van der Waals surface area contributed by atoms with Gasteiger partial charge in [-0.1, -0.05) is 13.3 Å². The maximum atomic E-state index is 11.2. The molecule has 0 aromatic carbocycles. The minimum Gasteiger partial charge on any atom is -0.481 e. The second kappa shape index (κ2) is 9.15. The predicted molar refractivity (Wildman–Crippen MR) is 58.1 cm³/mol. The van der Waals surface area contributed by atoms with Gasteiger partial charge in [0.25, 0.3) is 0 Å². The van der Waals surface area contributed by atoms with Crippen molar-refractivity contribution in [1.82, 2.24) is 0 Å². The van der Waals surface area contributed by atoms with Crippen LogP contribution in [0.2, 0.25) is 0 Å². The lowest BCUT2D eigenvalue weighted by Crippen LogP contribution is -2.27. The molecule has 0 aliphatic carbocycles. The van der Waals surface area contributed by atoms with Crippen LogP contribution >= 0.6 is 0 Å². The summed E-state index contributed by atoms with van der Waals surface area (Å²) >= 11 is 0. The number of aliphatic carboxylic acids is 1. The van der Waals surface area contributed by atoms with Gasteiger partial charge in [0.2, 0.25) is 0 Å². The van der Waals surface area contributed by atoms with Crippen LogP contribution in [0.1, 0.15) is 33.1 Å².